The number of aromatic nitrogens is 2. The topological polar surface area (TPSA) is 93.4 Å². The summed E-state index contributed by atoms with van der Waals surface area (Å²) in [7, 11) is 3.38. The Balaban J connectivity index is 2.59. The van der Waals surface area contributed by atoms with Crippen LogP contribution in [0.3, 0.4) is 0 Å². The molecule has 0 unspecified atom stereocenters. The van der Waals surface area contributed by atoms with Crippen molar-refractivity contribution in [2.24, 2.45) is 0 Å². The molecule has 7 heteroatoms. The third-order valence-electron chi connectivity index (χ3n) is 2.50. The lowest BCUT2D eigenvalue weighted by atomic mass is 10.4. The van der Waals surface area contributed by atoms with Crippen molar-refractivity contribution in [1.82, 2.24) is 15.3 Å². The quantitative estimate of drug-likeness (QED) is 0.666. The molecule has 1 amide bonds. The highest BCUT2D eigenvalue weighted by Gasteiger charge is 2.10. The van der Waals surface area contributed by atoms with Crippen LogP contribution in [0.4, 0.5) is 11.6 Å². The van der Waals surface area contributed by atoms with Gasteiger partial charge in [0.25, 0.3) is 0 Å². The number of aryl methyl sites for hydroxylation is 1. The normalized spacial score (nSPS) is 10.3. The molecule has 0 radical (unpaired) electrons. The van der Waals surface area contributed by atoms with Crippen LogP contribution in [0, 0.1) is 0 Å². The summed E-state index contributed by atoms with van der Waals surface area (Å²) in [5, 5.41) is 2.75. The Morgan fingerprint density at radius 3 is 2.89 bits per heavy atom. The van der Waals surface area contributed by atoms with Gasteiger partial charge in [-0.25, -0.2) is 9.97 Å². The van der Waals surface area contributed by atoms with Gasteiger partial charge in [-0.15, -0.1) is 0 Å². The Hall–Kier alpha value is -1.89. The van der Waals surface area contributed by atoms with Gasteiger partial charge in [0.15, 0.2) is 0 Å². The number of nitrogens with two attached hydrogens (primary N) is 1. The number of amides is 1. The molecule has 0 saturated carbocycles. The van der Waals surface area contributed by atoms with Crippen LogP contribution in [0.15, 0.2) is 6.07 Å². The number of hydrogen-bond donors (Lipinski definition) is 2. The molecule has 19 heavy (non-hydrogen) atoms. The molecular weight excluding hydrogens is 246 g/mol. The fourth-order valence-corrected chi connectivity index (χ4v) is 1.50. The molecule has 0 atom stereocenters. The second kappa shape index (κ2) is 7.52. The summed E-state index contributed by atoms with van der Waals surface area (Å²) in [6, 6.07) is 1.65. The first-order chi connectivity index (χ1) is 9.06. The predicted molar refractivity (Wildman–Crippen MR) is 74.0 cm³/mol. The number of nitrogen functional groups attached to an aromatic ring is 1. The minimum Gasteiger partial charge on any atom is -0.384 e. The van der Waals surface area contributed by atoms with Crippen LogP contribution in [0.5, 0.6) is 0 Å². The monoisotopic (exact) mass is 267 g/mol. The van der Waals surface area contributed by atoms with E-state index in [9.17, 15) is 4.79 Å². The number of rotatable bonds is 7. The van der Waals surface area contributed by atoms with Crippen molar-refractivity contribution in [3.63, 3.8) is 0 Å². The summed E-state index contributed by atoms with van der Waals surface area (Å²) in [4.78, 5) is 21.8. The smallest absolute Gasteiger partial charge is 0.239 e. The minimum absolute atomic E-state index is 0.0882. The zero-order valence-electron chi connectivity index (χ0n) is 11.6. The van der Waals surface area contributed by atoms with Gasteiger partial charge in [-0.1, -0.05) is 6.92 Å². The number of methoxy groups -OCH3 is 1. The summed E-state index contributed by atoms with van der Waals surface area (Å²) in [6.07, 6.45) is 0.700. The zero-order valence-corrected chi connectivity index (χ0v) is 11.6. The van der Waals surface area contributed by atoms with Crippen LogP contribution in [-0.4, -0.2) is 49.7 Å². The average Bonchev–Trinajstić information content (AvgIpc) is 2.38. The van der Waals surface area contributed by atoms with Gasteiger partial charge in [-0.2, -0.15) is 0 Å². The summed E-state index contributed by atoms with van der Waals surface area (Å²) in [5.74, 6) is 1.64. The van der Waals surface area contributed by atoms with E-state index in [0.717, 1.165) is 0 Å². The molecule has 0 bridgehead atoms. The maximum atomic E-state index is 11.7. The van der Waals surface area contributed by atoms with Crippen molar-refractivity contribution in [2.75, 3.05) is 44.5 Å². The molecule has 0 fully saturated rings. The van der Waals surface area contributed by atoms with E-state index in [1.807, 2.05) is 6.92 Å². The van der Waals surface area contributed by atoms with Gasteiger partial charge in [0, 0.05) is 33.2 Å². The SMILES string of the molecule is CCc1nc(N)cc(N(C)CC(=O)NCCOC)n1. The first kappa shape index (κ1) is 15.2. The number of nitrogens with one attached hydrogen (secondary N) is 1. The van der Waals surface area contributed by atoms with Crippen LogP contribution < -0.4 is 16.0 Å². The highest BCUT2D eigenvalue weighted by atomic mass is 16.5. The fourth-order valence-electron chi connectivity index (χ4n) is 1.50. The lowest BCUT2D eigenvalue weighted by Gasteiger charge is -2.18. The Kier molecular flexibility index (Phi) is 6.01. The molecule has 0 saturated heterocycles. The fraction of sp³-hybridized carbons (Fsp3) is 0.583. The molecule has 0 aliphatic rings. The molecule has 1 heterocycles. The number of anilines is 2. The summed E-state index contributed by atoms with van der Waals surface area (Å²) < 4.78 is 4.86. The van der Waals surface area contributed by atoms with E-state index in [4.69, 9.17) is 10.5 Å². The number of hydrogen-bond acceptors (Lipinski definition) is 6. The highest BCUT2D eigenvalue weighted by Crippen LogP contribution is 2.12. The Bertz CT molecular complexity index is 425. The molecule has 0 spiro atoms. The molecular formula is C12H21N5O2. The van der Waals surface area contributed by atoms with Crippen LogP contribution >= 0.6 is 0 Å². The molecule has 0 aliphatic heterocycles. The van der Waals surface area contributed by atoms with E-state index in [0.29, 0.717) is 37.0 Å². The minimum atomic E-state index is -0.0882. The lowest BCUT2D eigenvalue weighted by Crippen LogP contribution is -2.37. The molecule has 0 aliphatic carbocycles. The van der Waals surface area contributed by atoms with E-state index in [-0.39, 0.29) is 12.5 Å². The summed E-state index contributed by atoms with van der Waals surface area (Å²) in [5.41, 5.74) is 5.71. The van der Waals surface area contributed by atoms with E-state index in [1.54, 1.807) is 25.1 Å². The van der Waals surface area contributed by atoms with Crippen molar-refractivity contribution in [3.05, 3.63) is 11.9 Å². The molecule has 3 N–H and O–H groups in total. The molecule has 7 nitrogen and oxygen atoms in total. The van der Waals surface area contributed by atoms with E-state index in [1.165, 1.54) is 0 Å². The maximum Gasteiger partial charge on any atom is 0.239 e. The number of carbonyl (C=O) groups is 1. The molecule has 0 aromatic carbocycles. The van der Waals surface area contributed by atoms with E-state index >= 15 is 0 Å². The van der Waals surface area contributed by atoms with Crippen molar-refractivity contribution in [3.8, 4) is 0 Å². The van der Waals surface area contributed by atoms with Crippen LogP contribution in [-0.2, 0) is 16.0 Å². The second-order valence-electron chi connectivity index (χ2n) is 4.12. The van der Waals surface area contributed by atoms with Crippen LogP contribution in [0.1, 0.15) is 12.7 Å². The predicted octanol–water partition coefficient (Wildman–Crippen LogP) is -0.180. The van der Waals surface area contributed by atoms with Gasteiger partial charge in [0.2, 0.25) is 5.91 Å². The third-order valence-corrected chi connectivity index (χ3v) is 2.50. The Morgan fingerprint density at radius 2 is 2.26 bits per heavy atom. The molecule has 1 aromatic heterocycles. The lowest BCUT2D eigenvalue weighted by molar-refractivity contribution is -0.119. The summed E-state index contributed by atoms with van der Waals surface area (Å²) in [6.45, 7) is 3.16. The first-order valence-electron chi connectivity index (χ1n) is 6.17. The van der Waals surface area contributed by atoms with Crippen molar-refractivity contribution in [2.45, 2.75) is 13.3 Å². The Labute approximate surface area is 113 Å². The first-order valence-corrected chi connectivity index (χ1v) is 6.17. The van der Waals surface area contributed by atoms with Crippen LogP contribution in [0.25, 0.3) is 0 Å². The summed E-state index contributed by atoms with van der Waals surface area (Å²) >= 11 is 0. The number of ether oxygens (including phenoxy) is 1. The van der Waals surface area contributed by atoms with Gasteiger partial charge in [-0.05, 0) is 0 Å². The van der Waals surface area contributed by atoms with Gasteiger partial charge in [0.1, 0.15) is 17.5 Å². The molecule has 1 rings (SSSR count). The largest absolute Gasteiger partial charge is 0.384 e. The number of likely N-dealkylation sites (N-methyl/N-ethyl adjacent to an activating group) is 1. The number of nitrogens with zero attached hydrogens (tertiary/aromatic N) is 3. The van der Waals surface area contributed by atoms with Gasteiger partial charge < -0.3 is 20.7 Å². The maximum absolute atomic E-state index is 11.7. The Morgan fingerprint density at radius 1 is 1.53 bits per heavy atom. The number of carbonyl (C=O) groups excluding carboxylic acids is 1. The standard InChI is InChI=1S/C12H21N5O2/c1-4-10-15-9(13)7-11(16-10)17(2)8-12(18)14-5-6-19-3/h7H,4-6,8H2,1-3H3,(H,14,18)(H2,13,15,16). The zero-order chi connectivity index (χ0) is 14.3. The van der Waals surface area contributed by atoms with Crippen LogP contribution in [0.2, 0.25) is 0 Å². The molecule has 1 aromatic rings. The van der Waals surface area contributed by atoms with Crippen molar-refractivity contribution < 1.29 is 9.53 Å². The van der Waals surface area contributed by atoms with Crippen molar-refractivity contribution in [1.29, 1.82) is 0 Å². The van der Waals surface area contributed by atoms with Gasteiger partial charge in [0.05, 0.1) is 13.2 Å². The molecule has 106 valence electrons. The van der Waals surface area contributed by atoms with E-state index < -0.39 is 0 Å². The van der Waals surface area contributed by atoms with E-state index in [2.05, 4.69) is 15.3 Å². The third kappa shape index (κ3) is 5.09. The average molecular weight is 267 g/mol. The van der Waals surface area contributed by atoms with Crippen molar-refractivity contribution >= 4 is 17.5 Å². The second-order valence-corrected chi connectivity index (χ2v) is 4.12. The van der Waals surface area contributed by atoms with Gasteiger partial charge in [-0.3, -0.25) is 4.79 Å². The van der Waals surface area contributed by atoms with Gasteiger partial charge >= 0.3 is 0 Å². The highest BCUT2D eigenvalue weighted by molar-refractivity contribution is 5.80.